The lowest BCUT2D eigenvalue weighted by Gasteiger charge is -2.29. The van der Waals surface area contributed by atoms with Crippen molar-refractivity contribution in [1.29, 1.82) is 0 Å². The molecule has 1 aliphatic carbocycles. The predicted octanol–water partition coefficient (Wildman–Crippen LogP) is 2.25. The smallest absolute Gasteiger partial charge is 0.333 e. The van der Waals surface area contributed by atoms with Crippen molar-refractivity contribution in [1.82, 2.24) is 0 Å². The van der Waals surface area contributed by atoms with Gasteiger partial charge in [-0.1, -0.05) is 13.0 Å². The fraction of sp³-hybridized carbons (Fsp3) is 0.667. The van der Waals surface area contributed by atoms with Crippen molar-refractivity contribution in [2.45, 2.75) is 45.6 Å². The average Bonchev–Trinajstić information content (AvgIpc) is 2.18. The molecule has 0 aliphatic heterocycles. The molecule has 0 aromatic heterocycles. The first-order valence-electron chi connectivity index (χ1n) is 5.39. The predicted molar refractivity (Wildman–Crippen MR) is 57.3 cm³/mol. The number of hydrogen-bond donors (Lipinski definition) is 0. The van der Waals surface area contributed by atoms with Crippen molar-refractivity contribution in [3.63, 3.8) is 0 Å². The molecule has 3 nitrogen and oxygen atoms in total. The van der Waals surface area contributed by atoms with Gasteiger partial charge in [-0.2, -0.15) is 0 Å². The van der Waals surface area contributed by atoms with Crippen LogP contribution in [0.4, 0.5) is 0 Å². The lowest BCUT2D eigenvalue weighted by Crippen LogP contribution is -2.34. The maximum Gasteiger partial charge on any atom is 0.333 e. The maximum atomic E-state index is 11.3. The van der Waals surface area contributed by atoms with Gasteiger partial charge in [0.05, 0.1) is 5.92 Å². The van der Waals surface area contributed by atoms with E-state index in [0.29, 0.717) is 5.57 Å². The normalized spacial score (nSPS) is 25.7. The summed E-state index contributed by atoms with van der Waals surface area (Å²) >= 11 is 0. The number of ketones is 1. The minimum Gasteiger partial charge on any atom is -0.458 e. The lowest BCUT2D eigenvalue weighted by molar-refractivity contribution is -0.151. The van der Waals surface area contributed by atoms with E-state index in [1.165, 1.54) is 0 Å². The fourth-order valence-electron chi connectivity index (χ4n) is 1.94. The van der Waals surface area contributed by atoms with Gasteiger partial charge in [-0.05, 0) is 33.1 Å². The van der Waals surface area contributed by atoms with E-state index in [4.69, 9.17) is 4.74 Å². The third-order valence-electron chi connectivity index (χ3n) is 2.83. The van der Waals surface area contributed by atoms with E-state index in [0.717, 1.165) is 25.7 Å². The van der Waals surface area contributed by atoms with Gasteiger partial charge in [0.1, 0.15) is 11.9 Å². The van der Waals surface area contributed by atoms with Crippen LogP contribution in [0.5, 0.6) is 0 Å². The Kier molecular flexibility index (Phi) is 4.06. The van der Waals surface area contributed by atoms with Crippen molar-refractivity contribution in [2.75, 3.05) is 0 Å². The van der Waals surface area contributed by atoms with Crippen molar-refractivity contribution in [3.8, 4) is 0 Å². The quantitative estimate of drug-likeness (QED) is 0.530. The number of esters is 1. The summed E-state index contributed by atoms with van der Waals surface area (Å²) in [5.41, 5.74) is 0.392. The van der Waals surface area contributed by atoms with Gasteiger partial charge in [0, 0.05) is 5.57 Å². The molecule has 0 heterocycles. The molecule has 0 spiro atoms. The summed E-state index contributed by atoms with van der Waals surface area (Å²) in [5.74, 6) is -0.371. The van der Waals surface area contributed by atoms with Crippen LogP contribution in [0, 0.1) is 5.92 Å². The molecule has 2 atom stereocenters. The van der Waals surface area contributed by atoms with Crippen molar-refractivity contribution >= 4 is 11.8 Å². The van der Waals surface area contributed by atoms with E-state index in [-0.39, 0.29) is 23.8 Å². The van der Waals surface area contributed by atoms with Crippen molar-refractivity contribution in [3.05, 3.63) is 12.2 Å². The summed E-state index contributed by atoms with van der Waals surface area (Å²) in [4.78, 5) is 22.7. The first kappa shape index (κ1) is 12.0. The number of Topliss-reactive ketones (excluding diaryl/α,β-unsaturated/α-hetero) is 1. The number of hydrogen-bond acceptors (Lipinski definition) is 3. The molecule has 0 aromatic carbocycles. The second-order valence-corrected chi connectivity index (χ2v) is 4.23. The van der Waals surface area contributed by atoms with Gasteiger partial charge in [0.2, 0.25) is 0 Å². The Hall–Kier alpha value is -1.12. The molecule has 0 N–H and O–H groups in total. The zero-order valence-electron chi connectivity index (χ0n) is 9.41. The van der Waals surface area contributed by atoms with Crippen LogP contribution in [0.25, 0.3) is 0 Å². The molecule has 1 aliphatic rings. The second kappa shape index (κ2) is 5.10. The fourth-order valence-corrected chi connectivity index (χ4v) is 1.94. The maximum absolute atomic E-state index is 11.3. The third kappa shape index (κ3) is 3.18. The van der Waals surface area contributed by atoms with Crippen LogP contribution in [-0.2, 0) is 14.3 Å². The van der Waals surface area contributed by atoms with Crippen LogP contribution in [0.3, 0.4) is 0 Å². The zero-order chi connectivity index (χ0) is 11.4. The van der Waals surface area contributed by atoms with Crippen LogP contribution in [0.15, 0.2) is 12.2 Å². The molecule has 1 fully saturated rings. The summed E-state index contributed by atoms with van der Waals surface area (Å²) in [6.07, 6.45) is 3.47. The second-order valence-electron chi connectivity index (χ2n) is 4.23. The van der Waals surface area contributed by atoms with E-state index in [1.54, 1.807) is 13.8 Å². The largest absolute Gasteiger partial charge is 0.458 e. The van der Waals surface area contributed by atoms with Gasteiger partial charge < -0.3 is 4.74 Å². The molecule has 0 radical (unpaired) electrons. The van der Waals surface area contributed by atoms with Gasteiger partial charge in [-0.3, -0.25) is 4.79 Å². The van der Waals surface area contributed by atoms with Gasteiger partial charge >= 0.3 is 5.97 Å². The standard InChI is InChI=1S/C12H18O3/c1-8(2)12(14)15-11-7-5-4-6-10(11)9(3)13/h10-11H,1,4-7H2,2-3H3. The first-order valence-corrected chi connectivity index (χ1v) is 5.39. The summed E-state index contributed by atoms with van der Waals surface area (Å²) in [7, 11) is 0. The first-order chi connectivity index (χ1) is 7.02. The average molecular weight is 210 g/mol. The molecule has 15 heavy (non-hydrogen) atoms. The number of carbonyl (C=O) groups excluding carboxylic acids is 2. The minimum atomic E-state index is -0.381. The lowest BCUT2D eigenvalue weighted by atomic mass is 9.84. The number of rotatable bonds is 3. The summed E-state index contributed by atoms with van der Waals surface area (Å²) in [6.45, 7) is 6.72. The summed E-state index contributed by atoms with van der Waals surface area (Å²) < 4.78 is 5.27. The van der Waals surface area contributed by atoms with E-state index in [1.807, 2.05) is 0 Å². The molecule has 1 saturated carbocycles. The van der Waals surface area contributed by atoms with Crippen LogP contribution in [0.1, 0.15) is 39.5 Å². The van der Waals surface area contributed by atoms with Gasteiger partial charge in [0.25, 0.3) is 0 Å². The Morgan fingerprint density at radius 1 is 1.20 bits per heavy atom. The molecule has 0 amide bonds. The Morgan fingerprint density at radius 3 is 2.33 bits per heavy atom. The molecular formula is C12H18O3. The van der Waals surface area contributed by atoms with Crippen LogP contribution in [0.2, 0.25) is 0 Å². The van der Waals surface area contributed by atoms with E-state index >= 15 is 0 Å². The van der Waals surface area contributed by atoms with Crippen molar-refractivity contribution in [2.24, 2.45) is 5.92 Å². The highest BCUT2D eigenvalue weighted by Crippen LogP contribution is 2.28. The highest BCUT2D eigenvalue weighted by molar-refractivity contribution is 5.87. The monoisotopic (exact) mass is 210 g/mol. The Morgan fingerprint density at radius 2 is 1.80 bits per heavy atom. The zero-order valence-corrected chi connectivity index (χ0v) is 9.41. The molecule has 1 rings (SSSR count). The van der Waals surface area contributed by atoms with Gasteiger partial charge in [-0.25, -0.2) is 4.79 Å². The minimum absolute atomic E-state index is 0.109. The Labute approximate surface area is 90.5 Å². The molecular weight excluding hydrogens is 192 g/mol. The summed E-state index contributed by atoms with van der Waals surface area (Å²) in [5, 5.41) is 0. The Bertz CT molecular complexity index is 281. The molecule has 2 unspecified atom stereocenters. The van der Waals surface area contributed by atoms with Crippen LogP contribution >= 0.6 is 0 Å². The van der Waals surface area contributed by atoms with Crippen LogP contribution < -0.4 is 0 Å². The highest BCUT2D eigenvalue weighted by atomic mass is 16.5. The molecule has 3 heteroatoms. The Balaban J connectivity index is 2.61. The van der Waals surface area contributed by atoms with Gasteiger partial charge in [0.15, 0.2) is 0 Å². The molecule has 84 valence electrons. The van der Waals surface area contributed by atoms with E-state index in [9.17, 15) is 9.59 Å². The number of ether oxygens (including phenoxy) is 1. The van der Waals surface area contributed by atoms with E-state index in [2.05, 4.69) is 6.58 Å². The van der Waals surface area contributed by atoms with Crippen LogP contribution in [-0.4, -0.2) is 17.9 Å². The van der Waals surface area contributed by atoms with Gasteiger partial charge in [-0.15, -0.1) is 0 Å². The molecule has 0 bridgehead atoms. The molecule has 0 aromatic rings. The molecule has 0 saturated heterocycles. The van der Waals surface area contributed by atoms with Crippen molar-refractivity contribution < 1.29 is 14.3 Å². The van der Waals surface area contributed by atoms with E-state index < -0.39 is 0 Å². The highest BCUT2D eigenvalue weighted by Gasteiger charge is 2.31. The topological polar surface area (TPSA) is 43.4 Å². The summed E-state index contributed by atoms with van der Waals surface area (Å²) in [6, 6.07) is 0. The third-order valence-corrected chi connectivity index (χ3v) is 2.83. The number of carbonyl (C=O) groups is 2. The SMILES string of the molecule is C=C(C)C(=O)OC1CCCCC1C(C)=O.